The van der Waals surface area contributed by atoms with Crippen LogP contribution in [0.1, 0.15) is 24.5 Å². The van der Waals surface area contributed by atoms with Crippen LogP contribution in [-0.4, -0.2) is 20.8 Å². The second kappa shape index (κ2) is 15.4. The van der Waals surface area contributed by atoms with Gasteiger partial charge in [0.2, 0.25) is 5.96 Å². The summed E-state index contributed by atoms with van der Waals surface area (Å²) in [5, 5.41) is 16.4. The number of thiophene rings is 1. The third-order valence-electron chi connectivity index (χ3n) is 15.5. The van der Waals surface area contributed by atoms with Crippen LogP contribution in [-0.2, 0) is 0 Å². The van der Waals surface area contributed by atoms with Crippen molar-refractivity contribution in [3.8, 4) is 5.69 Å². The number of allylic oxidation sites excluding steroid dienone is 1. The highest BCUT2D eigenvalue weighted by atomic mass is 32.1. The molecule has 15 aromatic rings. The molecule has 6 heteroatoms. The van der Waals surface area contributed by atoms with Gasteiger partial charge in [-0.1, -0.05) is 159 Å². The Bertz CT molecular complexity index is 4830. The lowest BCUT2D eigenvalue weighted by Crippen LogP contribution is -2.20. The molecule has 0 radical (unpaired) electrons. The fourth-order valence-corrected chi connectivity index (χ4v) is 13.3. The highest BCUT2D eigenvalue weighted by molar-refractivity contribution is 7.25. The van der Waals surface area contributed by atoms with E-state index in [-0.39, 0.29) is 5.92 Å². The first-order valence-corrected chi connectivity index (χ1v) is 25.9. The van der Waals surface area contributed by atoms with Gasteiger partial charge in [0.15, 0.2) is 0 Å². The smallest absolute Gasteiger partial charge is 0.235 e. The van der Waals surface area contributed by atoms with Crippen LogP contribution < -0.4 is 0 Å². The van der Waals surface area contributed by atoms with E-state index in [2.05, 4.69) is 234 Å². The maximum Gasteiger partial charge on any atom is 0.235 e. The number of benzene rings is 11. The molecule has 5 nitrogen and oxygen atoms in total. The Morgan fingerprint density at radius 3 is 1.73 bits per heavy atom. The van der Waals surface area contributed by atoms with Crippen LogP contribution in [0.3, 0.4) is 0 Å². The number of hydrogen-bond donors (Lipinski definition) is 0. The van der Waals surface area contributed by atoms with Crippen LogP contribution in [0.25, 0.3) is 129 Å². The number of fused-ring (bicyclic) bond motifs is 16. The summed E-state index contributed by atoms with van der Waals surface area (Å²) >= 11 is 1.84. The molecule has 73 heavy (non-hydrogen) atoms. The number of aromatic nitrogens is 2. The van der Waals surface area contributed by atoms with Crippen molar-refractivity contribution >= 4 is 147 Å². The van der Waals surface area contributed by atoms with E-state index in [9.17, 15) is 0 Å². The monoisotopic (exact) mass is 950 g/mol. The zero-order valence-corrected chi connectivity index (χ0v) is 40.5. The van der Waals surface area contributed by atoms with Crippen LogP contribution in [0.2, 0.25) is 0 Å². The molecular formula is C67H42N4OS. The minimum Gasteiger partial charge on any atom is -0.455 e. The number of nitrogens with zero attached hydrogens (tertiary/aromatic N) is 4. The fourth-order valence-electron chi connectivity index (χ4n) is 12.1. The van der Waals surface area contributed by atoms with Crippen LogP contribution in [0.4, 0.5) is 0 Å². The lowest BCUT2D eigenvalue weighted by atomic mass is 9.90. The zero-order valence-electron chi connectivity index (χ0n) is 39.7. The predicted molar refractivity (Wildman–Crippen MR) is 310 cm³/mol. The van der Waals surface area contributed by atoms with E-state index in [0.717, 1.165) is 93.8 Å². The van der Waals surface area contributed by atoms with Crippen LogP contribution in [0.15, 0.2) is 233 Å². The summed E-state index contributed by atoms with van der Waals surface area (Å²) in [5.41, 5.74) is 11.1. The molecule has 342 valence electrons. The minimum absolute atomic E-state index is 0.0399. The van der Waals surface area contributed by atoms with Gasteiger partial charge < -0.3 is 8.98 Å². The highest BCUT2D eigenvalue weighted by Crippen LogP contribution is 2.44. The fraction of sp³-hybridized carbons (Fsp3) is 0.0448. The van der Waals surface area contributed by atoms with E-state index in [0.29, 0.717) is 12.4 Å². The highest BCUT2D eigenvalue weighted by Gasteiger charge is 2.27. The average molecular weight is 951 g/mol. The molecular weight excluding hydrogens is 909 g/mol. The topological polar surface area (TPSA) is 47.7 Å². The molecule has 1 unspecified atom stereocenters. The molecule has 11 aromatic carbocycles. The first-order valence-electron chi connectivity index (χ1n) is 25.1. The van der Waals surface area contributed by atoms with Crippen molar-refractivity contribution in [1.82, 2.24) is 9.13 Å². The standard InChI is InChI=1S/C67H42N4OS/c1-39-29-32-55(49-24-14-28-62-64(49)50-23-10-13-27-61(50)73-62)68-67(71-56-25-11-8-21-47(56)48-22-9-12-26-57(48)71)69-65(39)54-37-45(38-60-63(54)51-31-30-40-15-6-7-20-46(40)66(51)72-60)70-58-35-43-18-4-2-16-41(43)33-52(58)53-34-42-17-3-5-19-44(42)36-59(53)70/h2-28,30-39H,29H2,1H3/b55-32+,68-67+,69-65+. The quantitative estimate of drug-likeness (QED) is 0.174. The lowest BCUT2D eigenvalue weighted by molar-refractivity contribution is 0.672. The number of hydrogen-bond acceptors (Lipinski definition) is 4. The van der Waals surface area contributed by atoms with E-state index in [4.69, 9.17) is 14.4 Å². The number of rotatable bonds is 3. The zero-order chi connectivity index (χ0) is 47.9. The number of furan rings is 1. The van der Waals surface area contributed by atoms with Gasteiger partial charge in [0.1, 0.15) is 11.2 Å². The Morgan fingerprint density at radius 1 is 0.438 bits per heavy atom. The molecule has 0 aliphatic carbocycles. The molecule has 1 atom stereocenters. The Kier molecular flexibility index (Phi) is 8.59. The molecule has 16 rings (SSSR count). The molecule has 1 aliphatic heterocycles. The molecule has 0 bridgehead atoms. The van der Waals surface area contributed by atoms with Crippen molar-refractivity contribution in [2.24, 2.45) is 15.9 Å². The Labute approximate surface area is 422 Å². The van der Waals surface area contributed by atoms with Crippen molar-refractivity contribution in [3.05, 3.63) is 230 Å². The molecule has 0 amide bonds. The maximum absolute atomic E-state index is 7.23. The SMILES string of the molecule is CC1C/C=C(c2cccc3sc4ccccc4c23)/N=C(n2c3ccccc3c3ccccc32)\N=C/1c1cc(-n2c3cc4ccccc4cc3c3cc4ccccc4cc32)cc2oc3c4ccccc4ccc3c12. The second-order valence-corrected chi connectivity index (χ2v) is 20.8. The van der Waals surface area contributed by atoms with Crippen molar-refractivity contribution in [2.45, 2.75) is 13.3 Å². The van der Waals surface area contributed by atoms with Crippen molar-refractivity contribution in [1.29, 1.82) is 0 Å². The van der Waals surface area contributed by atoms with E-state index >= 15 is 0 Å². The van der Waals surface area contributed by atoms with E-state index < -0.39 is 0 Å². The van der Waals surface area contributed by atoms with Gasteiger partial charge in [-0.05, 0) is 94.0 Å². The van der Waals surface area contributed by atoms with Gasteiger partial charge in [0, 0.05) is 81.0 Å². The number of para-hydroxylation sites is 2. The molecule has 4 aromatic heterocycles. The third kappa shape index (κ3) is 6.02. The van der Waals surface area contributed by atoms with Gasteiger partial charge in [0.05, 0.1) is 39.2 Å². The molecule has 0 saturated heterocycles. The van der Waals surface area contributed by atoms with E-state index in [1.54, 1.807) is 0 Å². The van der Waals surface area contributed by atoms with Crippen LogP contribution in [0.5, 0.6) is 0 Å². The summed E-state index contributed by atoms with van der Waals surface area (Å²) in [6.45, 7) is 2.33. The lowest BCUT2D eigenvalue weighted by Gasteiger charge is -2.21. The van der Waals surface area contributed by atoms with Gasteiger partial charge >= 0.3 is 0 Å². The molecule has 0 N–H and O–H groups in total. The van der Waals surface area contributed by atoms with Crippen LogP contribution in [0, 0.1) is 5.92 Å². The average Bonchev–Trinajstić information content (AvgIpc) is 4.19. The van der Waals surface area contributed by atoms with Gasteiger partial charge in [0.25, 0.3) is 0 Å². The van der Waals surface area contributed by atoms with Crippen molar-refractivity contribution < 1.29 is 4.42 Å². The summed E-state index contributed by atoms with van der Waals surface area (Å²) in [7, 11) is 0. The Hall–Kier alpha value is -9.10. The molecule has 0 fully saturated rings. The summed E-state index contributed by atoms with van der Waals surface area (Å²) in [6.07, 6.45) is 3.08. The first kappa shape index (κ1) is 40.6. The molecule has 1 aliphatic rings. The van der Waals surface area contributed by atoms with Crippen LogP contribution >= 0.6 is 11.3 Å². The maximum atomic E-state index is 7.23. The van der Waals surface area contributed by atoms with Crippen molar-refractivity contribution in [2.75, 3.05) is 0 Å². The predicted octanol–water partition coefficient (Wildman–Crippen LogP) is 18.4. The normalized spacial score (nSPS) is 16.8. The Morgan fingerprint density at radius 2 is 1.03 bits per heavy atom. The summed E-state index contributed by atoms with van der Waals surface area (Å²) in [5.74, 6) is 0.579. The summed E-state index contributed by atoms with van der Waals surface area (Å²) in [4.78, 5) is 11.8. The second-order valence-electron chi connectivity index (χ2n) is 19.7. The molecule has 0 spiro atoms. The summed E-state index contributed by atoms with van der Waals surface area (Å²) in [6, 6.07) is 77.2. The van der Waals surface area contributed by atoms with Gasteiger partial charge in [-0.25, -0.2) is 9.98 Å². The molecule has 5 heterocycles. The molecule has 0 saturated carbocycles. The van der Waals surface area contributed by atoms with E-state index in [1.807, 2.05) is 11.3 Å². The van der Waals surface area contributed by atoms with Crippen molar-refractivity contribution in [3.63, 3.8) is 0 Å². The Balaban J connectivity index is 1.03. The minimum atomic E-state index is -0.0399. The van der Waals surface area contributed by atoms with Gasteiger partial charge in [-0.3, -0.25) is 4.57 Å². The summed E-state index contributed by atoms with van der Waals surface area (Å²) < 4.78 is 14.5. The number of aliphatic imine (C=N–C) groups is 2. The van der Waals surface area contributed by atoms with Gasteiger partial charge in [-0.15, -0.1) is 11.3 Å². The first-order chi connectivity index (χ1) is 36.1. The largest absolute Gasteiger partial charge is 0.455 e. The van der Waals surface area contributed by atoms with E-state index in [1.165, 1.54) is 52.5 Å². The van der Waals surface area contributed by atoms with Gasteiger partial charge in [-0.2, -0.15) is 0 Å². The third-order valence-corrected chi connectivity index (χ3v) is 16.6.